The topological polar surface area (TPSA) is 146 Å². The Morgan fingerprint density at radius 1 is 1.06 bits per heavy atom. The van der Waals surface area contributed by atoms with Crippen LogP contribution in [0, 0.1) is 0 Å². The minimum atomic E-state index is -4.07. The molecule has 1 atom stereocenters. The van der Waals surface area contributed by atoms with Gasteiger partial charge in [-0.2, -0.15) is 0 Å². The van der Waals surface area contributed by atoms with Gasteiger partial charge in [0.25, 0.3) is 0 Å². The Bertz CT molecular complexity index is 1390. The van der Waals surface area contributed by atoms with Crippen LogP contribution in [-0.2, 0) is 20.0 Å². The molecule has 0 aliphatic carbocycles. The summed E-state index contributed by atoms with van der Waals surface area (Å²) in [6.45, 7) is 3.28. The number of benzene rings is 1. The Morgan fingerprint density at radius 3 is 2.33 bits per heavy atom. The highest BCUT2D eigenvalue weighted by Crippen LogP contribution is 2.38. The lowest BCUT2D eigenvalue weighted by Gasteiger charge is -2.32. The molecule has 0 unspecified atom stereocenters. The first kappa shape index (κ1) is 26.0. The van der Waals surface area contributed by atoms with E-state index in [0.29, 0.717) is 35.8 Å². The molecule has 0 amide bonds. The summed E-state index contributed by atoms with van der Waals surface area (Å²) < 4.78 is 74.1. The summed E-state index contributed by atoms with van der Waals surface area (Å²) in [5.74, 6) is 1.21. The summed E-state index contributed by atoms with van der Waals surface area (Å²) in [6, 6.07) is 8.45. The van der Waals surface area contributed by atoms with Crippen molar-refractivity contribution in [2.24, 2.45) is 0 Å². The number of hydrogen-bond donors (Lipinski definition) is 1. The van der Waals surface area contributed by atoms with Gasteiger partial charge in [-0.15, -0.1) is 10.2 Å². The van der Waals surface area contributed by atoms with Gasteiger partial charge in [0.1, 0.15) is 17.2 Å². The van der Waals surface area contributed by atoms with E-state index in [4.69, 9.17) is 13.9 Å². The summed E-state index contributed by atoms with van der Waals surface area (Å²) in [6.07, 6.45) is 2.18. The van der Waals surface area contributed by atoms with Gasteiger partial charge in [0.05, 0.1) is 31.0 Å². The number of sulfonamides is 2. The lowest BCUT2D eigenvalue weighted by atomic mass is 10.2. The van der Waals surface area contributed by atoms with Crippen molar-refractivity contribution < 1.29 is 30.7 Å². The molecule has 1 aliphatic heterocycles. The summed E-state index contributed by atoms with van der Waals surface area (Å²) >= 11 is 0. The highest BCUT2D eigenvalue weighted by molar-refractivity contribution is 7.93. The molecule has 0 bridgehead atoms. The van der Waals surface area contributed by atoms with E-state index in [1.807, 2.05) is 0 Å². The van der Waals surface area contributed by atoms with Crippen molar-refractivity contribution in [3.63, 3.8) is 0 Å². The van der Waals surface area contributed by atoms with Gasteiger partial charge < -0.3 is 13.9 Å². The number of rotatable bonds is 9. The average molecular weight is 540 g/mol. The molecule has 0 radical (unpaired) electrons. The fourth-order valence-corrected chi connectivity index (χ4v) is 6.95. The van der Waals surface area contributed by atoms with Crippen molar-refractivity contribution in [2.45, 2.75) is 37.2 Å². The van der Waals surface area contributed by atoms with E-state index in [2.05, 4.69) is 14.9 Å². The molecule has 4 rings (SSSR count). The van der Waals surface area contributed by atoms with E-state index in [0.717, 1.165) is 0 Å². The average Bonchev–Trinajstić information content (AvgIpc) is 3.53. The number of aromatic nitrogens is 3. The van der Waals surface area contributed by atoms with Gasteiger partial charge in [0, 0.05) is 13.1 Å². The number of piperidine rings is 1. The van der Waals surface area contributed by atoms with Gasteiger partial charge in [-0.05, 0) is 51.0 Å². The zero-order chi connectivity index (χ0) is 26.1. The molecule has 196 valence electrons. The lowest BCUT2D eigenvalue weighted by molar-refractivity contribution is 0.343. The van der Waals surface area contributed by atoms with Gasteiger partial charge in [0.15, 0.2) is 5.76 Å². The maximum atomic E-state index is 13.5. The number of nitrogens with zero attached hydrogens (tertiary/aromatic N) is 4. The van der Waals surface area contributed by atoms with E-state index in [9.17, 15) is 16.8 Å². The van der Waals surface area contributed by atoms with Crippen LogP contribution >= 0.6 is 0 Å². The second-order valence-electron chi connectivity index (χ2n) is 8.53. The molecule has 3 heterocycles. The smallest absolute Gasteiger partial charge is 0.243 e. The molecule has 14 heteroatoms. The van der Waals surface area contributed by atoms with Crippen molar-refractivity contribution in [1.82, 2.24) is 19.1 Å². The van der Waals surface area contributed by atoms with E-state index in [1.165, 1.54) is 29.4 Å². The normalized spacial score (nSPS) is 17.3. The van der Waals surface area contributed by atoms with Crippen molar-refractivity contribution in [2.75, 3.05) is 32.0 Å². The van der Waals surface area contributed by atoms with Crippen molar-refractivity contribution in [3.8, 4) is 28.8 Å². The van der Waals surface area contributed by atoms with Crippen LogP contribution in [0.3, 0.4) is 0 Å². The van der Waals surface area contributed by atoms with E-state index in [-0.39, 0.29) is 24.9 Å². The van der Waals surface area contributed by atoms with Crippen LogP contribution in [0.5, 0.6) is 11.5 Å². The molecule has 1 aliphatic rings. The third kappa shape index (κ3) is 4.80. The second kappa shape index (κ2) is 10.1. The zero-order valence-corrected chi connectivity index (χ0v) is 22.0. The number of ether oxygens (including phenoxy) is 2. The van der Waals surface area contributed by atoms with Gasteiger partial charge in [-0.25, -0.2) is 21.1 Å². The quantitative estimate of drug-likeness (QED) is 0.433. The monoisotopic (exact) mass is 539 g/mol. The molecule has 1 N–H and O–H groups in total. The van der Waals surface area contributed by atoms with E-state index >= 15 is 0 Å². The molecule has 1 aromatic carbocycles. The SMILES string of the molecule is COc1cccc(OC)c1-n1c(NS(=O)(=O)[C@@H]2CCCN(S(=O)(=O)C(C)C)C2)nnc1-c1ccco1. The van der Waals surface area contributed by atoms with Crippen LogP contribution in [0.2, 0.25) is 0 Å². The van der Waals surface area contributed by atoms with Gasteiger partial charge >= 0.3 is 0 Å². The number of methoxy groups -OCH3 is 2. The minimum absolute atomic E-state index is 0.118. The summed E-state index contributed by atoms with van der Waals surface area (Å²) in [5.41, 5.74) is 0.365. The number of nitrogens with one attached hydrogen (secondary N) is 1. The number of furan rings is 1. The summed E-state index contributed by atoms with van der Waals surface area (Å²) in [4.78, 5) is 0. The second-order valence-corrected chi connectivity index (χ2v) is 13.0. The summed E-state index contributed by atoms with van der Waals surface area (Å²) in [5, 5.41) is 6.64. The molecule has 3 aromatic rings. The van der Waals surface area contributed by atoms with Crippen molar-refractivity contribution in [1.29, 1.82) is 0 Å². The standard InChI is InChI=1S/C22H29N5O7S2/c1-15(2)36(30,31)26-12-6-8-16(14-26)35(28,29)25-22-24-23-21(19-11-7-13-34-19)27(22)20-17(32-3)9-5-10-18(20)33-4/h5,7,9-11,13,15-16H,6,8,12,14H2,1-4H3,(H,24,25)/t16-/m1/s1. The fraction of sp³-hybridized carbons (Fsp3) is 0.455. The maximum absolute atomic E-state index is 13.5. The van der Waals surface area contributed by atoms with Crippen molar-refractivity contribution in [3.05, 3.63) is 36.6 Å². The predicted octanol–water partition coefficient (Wildman–Crippen LogP) is 2.49. The Balaban J connectivity index is 1.77. The van der Waals surface area contributed by atoms with Crippen LogP contribution in [0.1, 0.15) is 26.7 Å². The molecule has 12 nitrogen and oxygen atoms in total. The number of anilines is 1. The van der Waals surface area contributed by atoms with Gasteiger partial charge in [-0.3, -0.25) is 9.29 Å². The maximum Gasteiger partial charge on any atom is 0.243 e. The molecule has 36 heavy (non-hydrogen) atoms. The zero-order valence-electron chi connectivity index (χ0n) is 20.4. The molecule has 1 saturated heterocycles. The Morgan fingerprint density at radius 2 is 1.75 bits per heavy atom. The van der Waals surface area contributed by atoms with Gasteiger partial charge in [-0.1, -0.05) is 6.07 Å². The molecule has 2 aromatic heterocycles. The lowest BCUT2D eigenvalue weighted by Crippen LogP contribution is -2.48. The summed E-state index contributed by atoms with van der Waals surface area (Å²) in [7, 11) is -4.72. The first-order chi connectivity index (χ1) is 17.1. The highest BCUT2D eigenvalue weighted by Gasteiger charge is 2.38. The van der Waals surface area contributed by atoms with Crippen LogP contribution in [-0.4, -0.2) is 73.7 Å². The number of hydrogen-bond acceptors (Lipinski definition) is 9. The first-order valence-electron chi connectivity index (χ1n) is 11.3. The third-order valence-electron chi connectivity index (χ3n) is 6.00. The van der Waals surface area contributed by atoms with Gasteiger partial charge in [0.2, 0.25) is 31.8 Å². The highest BCUT2D eigenvalue weighted by atomic mass is 32.2. The van der Waals surface area contributed by atoms with Crippen LogP contribution < -0.4 is 14.2 Å². The Kier molecular flexibility index (Phi) is 7.29. The largest absolute Gasteiger partial charge is 0.494 e. The predicted molar refractivity (Wildman–Crippen MR) is 133 cm³/mol. The van der Waals surface area contributed by atoms with E-state index < -0.39 is 30.5 Å². The minimum Gasteiger partial charge on any atom is -0.494 e. The van der Waals surface area contributed by atoms with Crippen LogP contribution in [0.4, 0.5) is 5.95 Å². The number of para-hydroxylation sites is 1. The fourth-order valence-electron chi connectivity index (χ4n) is 4.08. The molecule has 0 spiro atoms. The molecular weight excluding hydrogens is 510 g/mol. The first-order valence-corrected chi connectivity index (χ1v) is 14.4. The van der Waals surface area contributed by atoms with Crippen LogP contribution in [0.15, 0.2) is 41.0 Å². The molecule has 0 saturated carbocycles. The van der Waals surface area contributed by atoms with Crippen molar-refractivity contribution >= 4 is 26.0 Å². The molecule has 1 fully saturated rings. The van der Waals surface area contributed by atoms with Crippen LogP contribution in [0.25, 0.3) is 17.3 Å². The molecular formula is C22H29N5O7S2. The Labute approximate surface area is 210 Å². The van der Waals surface area contributed by atoms with E-state index in [1.54, 1.807) is 44.2 Å². The Hall–Kier alpha value is -3.10. The third-order valence-corrected chi connectivity index (χ3v) is 9.97.